The van der Waals surface area contributed by atoms with Crippen LogP contribution in [0, 0.1) is 6.92 Å². The van der Waals surface area contributed by atoms with Gasteiger partial charge in [0.05, 0.1) is 16.9 Å². The predicted molar refractivity (Wildman–Crippen MR) is 75.2 cm³/mol. The van der Waals surface area contributed by atoms with Gasteiger partial charge in [0.25, 0.3) is 0 Å². The maximum absolute atomic E-state index is 5.14. The number of aromatic nitrogens is 1. The van der Waals surface area contributed by atoms with Crippen molar-refractivity contribution in [1.29, 1.82) is 0 Å². The van der Waals surface area contributed by atoms with Crippen LogP contribution < -0.4 is 4.74 Å². The molecule has 1 aromatic heterocycles. The number of hydrogen-bond acceptors (Lipinski definition) is 3. The molecule has 0 aliphatic carbocycles. The van der Waals surface area contributed by atoms with Crippen molar-refractivity contribution in [3.05, 3.63) is 45.9 Å². The Morgan fingerprint density at radius 2 is 2.06 bits per heavy atom. The van der Waals surface area contributed by atoms with Crippen molar-refractivity contribution in [1.82, 2.24) is 4.98 Å². The minimum atomic E-state index is 0.335. The van der Waals surface area contributed by atoms with Crippen molar-refractivity contribution in [3.63, 3.8) is 0 Å². The normalized spacial score (nSPS) is 12.4. The second-order valence-corrected chi connectivity index (χ2v) is 6.17. The summed E-state index contributed by atoms with van der Waals surface area (Å²) in [5.74, 6) is 0.897. The molecule has 0 saturated carbocycles. The molecule has 0 saturated heterocycles. The lowest BCUT2D eigenvalue weighted by Crippen LogP contribution is -1.93. The zero-order valence-electron chi connectivity index (χ0n) is 9.81. The molecule has 1 heterocycles. The van der Waals surface area contributed by atoms with Gasteiger partial charge in [-0.2, -0.15) is 0 Å². The first-order valence-electron chi connectivity index (χ1n) is 5.38. The number of methoxy groups -OCH3 is 1. The van der Waals surface area contributed by atoms with Crippen LogP contribution in [-0.4, -0.2) is 12.1 Å². The minimum Gasteiger partial charge on any atom is -0.497 e. The molecule has 0 aliphatic rings. The first kappa shape index (κ1) is 12.6. The van der Waals surface area contributed by atoms with E-state index < -0.39 is 0 Å². The number of halogens is 1. The van der Waals surface area contributed by atoms with Crippen LogP contribution in [-0.2, 0) is 6.42 Å². The molecule has 90 valence electrons. The van der Waals surface area contributed by atoms with Crippen molar-refractivity contribution in [3.8, 4) is 5.75 Å². The molecule has 0 N–H and O–H groups in total. The highest BCUT2D eigenvalue weighted by Gasteiger charge is 2.11. The van der Waals surface area contributed by atoms with Crippen LogP contribution in [0.2, 0.25) is 0 Å². The topological polar surface area (TPSA) is 22.1 Å². The van der Waals surface area contributed by atoms with E-state index in [1.807, 2.05) is 25.3 Å². The summed E-state index contributed by atoms with van der Waals surface area (Å²) in [4.78, 5) is 5.89. The van der Waals surface area contributed by atoms with Gasteiger partial charge in [0.2, 0.25) is 0 Å². The van der Waals surface area contributed by atoms with Gasteiger partial charge in [-0.3, -0.25) is 0 Å². The SMILES string of the molecule is COc1ccc(CC(Br)c2cnc(C)s2)cc1. The van der Waals surface area contributed by atoms with E-state index in [2.05, 4.69) is 33.0 Å². The summed E-state index contributed by atoms with van der Waals surface area (Å²) in [5.41, 5.74) is 1.29. The summed E-state index contributed by atoms with van der Waals surface area (Å²) in [6, 6.07) is 8.18. The van der Waals surface area contributed by atoms with Crippen molar-refractivity contribution in [2.24, 2.45) is 0 Å². The Bertz CT molecular complexity index is 480. The van der Waals surface area contributed by atoms with E-state index in [0.29, 0.717) is 4.83 Å². The molecule has 0 radical (unpaired) electrons. The molecule has 2 rings (SSSR count). The zero-order valence-corrected chi connectivity index (χ0v) is 12.2. The Hall–Kier alpha value is -0.870. The van der Waals surface area contributed by atoms with Gasteiger partial charge >= 0.3 is 0 Å². The molecule has 0 bridgehead atoms. The van der Waals surface area contributed by atoms with Crippen LogP contribution in [0.15, 0.2) is 30.5 Å². The number of ether oxygens (including phenoxy) is 1. The summed E-state index contributed by atoms with van der Waals surface area (Å²) in [5, 5.41) is 1.11. The van der Waals surface area contributed by atoms with Gasteiger partial charge in [-0.05, 0) is 31.0 Å². The third-order valence-corrected chi connectivity index (χ3v) is 4.67. The number of nitrogens with zero attached hydrogens (tertiary/aromatic N) is 1. The fraction of sp³-hybridized carbons (Fsp3) is 0.308. The lowest BCUT2D eigenvalue weighted by atomic mass is 10.1. The highest BCUT2D eigenvalue weighted by Crippen LogP contribution is 2.31. The van der Waals surface area contributed by atoms with Crippen molar-refractivity contribution >= 4 is 27.3 Å². The molecule has 2 aromatic rings. The molecule has 0 fully saturated rings. The highest BCUT2D eigenvalue weighted by molar-refractivity contribution is 9.09. The molecule has 0 aliphatic heterocycles. The van der Waals surface area contributed by atoms with Crippen LogP contribution in [0.1, 0.15) is 20.3 Å². The third kappa shape index (κ3) is 3.30. The Balaban J connectivity index is 2.04. The second-order valence-electron chi connectivity index (χ2n) is 3.80. The lowest BCUT2D eigenvalue weighted by Gasteiger charge is -2.07. The molecule has 17 heavy (non-hydrogen) atoms. The van der Waals surface area contributed by atoms with E-state index in [1.165, 1.54) is 10.4 Å². The summed E-state index contributed by atoms with van der Waals surface area (Å²) >= 11 is 5.45. The Morgan fingerprint density at radius 3 is 2.59 bits per heavy atom. The number of benzene rings is 1. The molecule has 1 aromatic carbocycles. The van der Waals surface area contributed by atoms with Crippen molar-refractivity contribution in [2.75, 3.05) is 7.11 Å². The second kappa shape index (κ2) is 5.65. The molecule has 2 nitrogen and oxygen atoms in total. The molecule has 0 spiro atoms. The average molecular weight is 312 g/mol. The van der Waals surface area contributed by atoms with Crippen LogP contribution in [0.4, 0.5) is 0 Å². The Morgan fingerprint density at radius 1 is 1.35 bits per heavy atom. The Labute approximate surface area is 114 Å². The molecule has 1 unspecified atom stereocenters. The largest absolute Gasteiger partial charge is 0.497 e. The fourth-order valence-corrected chi connectivity index (χ4v) is 3.13. The highest BCUT2D eigenvalue weighted by atomic mass is 79.9. The van der Waals surface area contributed by atoms with E-state index in [0.717, 1.165) is 17.2 Å². The van der Waals surface area contributed by atoms with Gasteiger partial charge < -0.3 is 4.74 Å². The number of thiazole rings is 1. The molecular weight excluding hydrogens is 298 g/mol. The van der Waals surface area contributed by atoms with Gasteiger partial charge in [0.15, 0.2) is 0 Å². The third-order valence-electron chi connectivity index (χ3n) is 2.52. The maximum atomic E-state index is 5.14. The van der Waals surface area contributed by atoms with Crippen LogP contribution in [0.3, 0.4) is 0 Å². The average Bonchev–Trinajstić information content (AvgIpc) is 2.77. The summed E-state index contributed by atoms with van der Waals surface area (Å²) in [7, 11) is 1.68. The standard InChI is InChI=1S/C13H14BrNOS/c1-9-15-8-13(17-9)12(14)7-10-3-5-11(16-2)6-4-10/h3-6,8,12H,7H2,1-2H3. The van der Waals surface area contributed by atoms with Gasteiger partial charge in [0, 0.05) is 11.1 Å². The molecule has 1 atom stereocenters. The van der Waals surface area contributed by atoms with E-state index in [-0.39, 0.29) is 0 Å². The summed E-state index contributed by atoms with van der Waals surface area (Å²) in [6.07, 6.45) is 2.91. The van der Waals surface area contributed by atoms with E-state index in [9.17, 15) is 0 Å². The van der Waals surface area contributed by atoms with Crippen LogP contribution >= 0.6 is 27.3 Å². The summed E-state index contributed by atoms with van der Waals surface area (Å²) in [6.45, 7) is 2.03. The van der Waals surface area contributed by atoms with E-state index >= 15 is 0 Å². The minimum absolute atomic E-state index is 0.335. The zero-order chi connectivity index (χ0) is 12.3. The number of hydrogen-bond donors (Lipinski definition) is 0. The first-order valence-corrected chi connectivity index (χ1v) is 7.11. The van der Waals surface area contributed by atoms with Crippen molar-refractivity contribution < 1.29 is 4.74 Å². The van der Waals surface area contributed by atoms with Crippen LogP contribution in [0.5, 0.6) is 5.75 Å². The van der Waals surface area contributed by atoms with Crippen molar-refractivity contribution in [2.45, 2.75) is 18.2 Å². The van der Waals surface area contributed by atoms with Crippen LogP contribution in [0.25, 0.3) is 0 Å². The predicted octanol–water partition coefficient (Wildman–Crippen LogP) is 4.14. The first-order chi connectivity index (χ1) is 8.19. The number of aryl methyl sites for hydroxylation is 1. The molecule has 4 heteroatoms. The summed E-state index contributed by atoms with van der Waals surface area (Å²) < 4.78 is 5.14. The van der Waals surface area contributed by atoms with Gasteiger partial charge in [0.1, 0.15) is 5.75 Å². The maximum Gasteiger partial charge on any atom is 0.118 e. The van der Waals surface area contributed by atoms with Gasteiger partial charge in [-0.15, -0.1) is 11.3 Å². The van der Waals surface area contributed by atoms with E-state index in [4.69, 9.17) is 4.74 Å². The van der Waals surface area contributed by atoms with Gasteiger partial charge in [-0.1, -0.05) is 28.1 Å². The monoisotopic (exact) mass is 311 g/mol. The smallest absolute Gasteiger partial charge is 0.118 e. The lowest BCUT2D eigenvalue weighted by molar-refractivity contribution is 0.414. The molecular formula is C13H14BrNOS. The quantitative estimate of drug-likeness (QED) is 0.792. The Kier molecular flexibility index (Phi) is 4.18. The van der Waals surface area contributed by atoms with Gasteiger partial charge in [-0.25, -0.2) is 4.98 Å². The number of rotatable bonds is 4. The van der Waals surface area contributed by atoms with E-state index in [1.54, 1.807) is 18.4 Å². The molecule has 0 amide bonds. The number of alkyl halides is 1. The fourth-order valence-electron chi connectivity index (χ4n) is 1.59.